The van der Waals surface area contributed by atoms with Crippen molar-refractivity contribution in [3.05, 3.63) is 55.7 Å². The first-order chi connectivity index (χ1) is 8.61. The molecule has 0 aliphatic rings. The second kappa shape index (κ2) is 6.00. The minimum absolute atomic E-state index is 0.289. The van der Waals surface area contributed by atoms with Crippen molar-refractivity contribution in [3.63, 3.8) is 0 Å². The highest BCUT2D eigenvalue weighted by atomic mass is 79.9. The topological polar surface area (TPSA) is 12.0 Å². The van der Waals surface area contributed by atoms with E-state index in [4.69, 9.17) is 0 Å². The molecule has 18 heavy (non-hydrogen) atoms. The summed E-state index contributed by atoms with van der Waals surface area (Å²) in [7, 11) is 0. The van der Waals surface area contributed by atoms with Gasteiger partial charge in [0, 0.05) is 9.35 Å². The lowest BCUT2D eigenvalue weighted by Crippen LogP contribution is -2.22. The molecule has 0 fully saturated rings. The number of hydrogen-bond donors (Lipinski definition) is 1. The fourth-order valence-electron chi connectivity index (χ4n) is 2.15. The number of benzene rings is 1. The van der Waals surface area contributed by atoms with E-state index in [1.54, 1.807) is 0 Å². The van der Waals surface area contributed by atoms with E-state index in [9.17, 15) is 0 Å². The molecule has 0 bridgehead atoms. The zero-order valence-electron chi connectivity index (χ0n) is 11.0. The summed E-state index contributed by atoms with van der Waals surface area (Å²) < 4.78 is 1.14. The Balaban J connectivity index is 2.44. The molecular weight excluding hydrogens is 306 g/mol. The molecular formula is C15H18BrNS. The molecule has 2 aromatic rings. The van der Waals surface area contributed by atoms with E-state index in [0.717, 1.165) is 11.0 Å². The van der Waals surface area contributed by atoms with Crippen LogP contribution in [0.3, 0.4) is 0 Å². The number of aryl methyl sites for hydroxylation is 2. The second-order valence-corrected chi connectivity index (χ2v) is 6.51. The third kappa shape index (κ3) is 3.02. The highest BCUT2D eigenvalue weighted by Crippen LogP contribution is 2.30. The van der Waals surface area contributed by atoms with Gasteiger partial charge < -0.3 is 5.32 Å². The first-order valence-corrected chi connectivity index (χ1v) is 7.83. The summed E-state index contributed by atoms with van der Waals surface area (Å²) >= 11 is 5.38. The molecule has 1 aromatic heterocycles. The van der Waals surface area contributed by atoms with Crippen molar-refractivity contribution in [3.8, 4) is 0 Å². The zero-order valence-corrected chi connectivity index (χ0v) is 13.4. The van der Waals surface area contributed by atoms with Crippen LogP contribution in [0, 0.1) is 13.8 Å². The second-order valence-electron chi connectivity index (χ2n) is 4.48. The molecule has 0 aliphatic heterocycles. The van der Waals surface area contributed by atoms with E-state index in [0.29, 0.717) is 0 Å². The Labute approximate surface area is 121 Å². The summed E-state index contributed by atoms with van der Waals surface area (Å²) in [6.07, 6.45) is 0. The van der Waals surface area contributed by atoms with Gasteiger partial charge in [-0.15, -0.1) is 11.3 Å². The summed E-state index contributed by atoms with van der Waals surface area (Å²) in [6, 6.07) is 9.05. The van der Waals surface area contributed by atoms with Crippen LogP contribution >= 0.6 is 27.3 Å². The van der Waals surface area contributed by atoms with E-state index in [2.05, 4.69) is 71.7 Å². The van der Waals surface area contributed by atoms with Crippen LogP contribution in [-0.4, -0.2) is 6.54 Å². The molecule has 1 unspecified atom stereocenters. The van der Waals surface area contributed by atoms with Crippen LogP contribution in [0.2, 0.25) is 0 Å². The lowest BCUT2D eigenvalue weighted by Gasteiger charge is -2.20. The highest BCUT2D eigenvalue weighted by molar-refractivity contribution is 9.10. The molecule has 0 aliphatic carbocycles. The predicted octanol–water partition coefficient (Wildman–Crippen LogP) is 4.83. The van der Waals surface area contributed by atoms with Crippen molar-refractivity contribution in [2.24, 2.45) is 0 Å². The van der Waals surface area contributed by atoms with Crippen molar-refractivity contribution in [1.29, 1.82) is 0 Å². The molecule has 0 saturated heterocycles. The first kappa shape index (κ1) is 13.8. The number of thiophene rings is 1. The zero-order chi connectivity index (χ0) is 13.1. The van der Waals surface area contributed by atoms with Gasteiger partial charge in [0.15, 0.2) is 0 Å². The van der Waals surface area contributed by atoms with Crippen LogP contribution in [0.4, 0.5) is 0 Å². The molecule has 96 valence electrons. The van der Waals surface area contributed by atoms with E-state index in [-0.39, 0.29) is 6.04 Å². The van der Waals surface area contributed by atoms with Gasteiger partial charge in [-0.2, -0.15) is 0 Å². The number of hydrogen-bond acceptors (Lipinski definition) is 2. The van der Waals surface area contributed by atoms with E-state index >= 15 is 0 Å². The van der Waals surface area contributed by atoms with Crippen molar-refractivity contribution >= 4 is 27.3 Å². The van der Waals surface area contributed by atoms with Crippen LogP contribution in [0.15, 0.2) is 34.1 Å². The summed E-state index contributed by atoms with van der Waals surface area (Å²) in [4.78, 5) is 1.36. The van der Waals surface area contributed by atoms with Crippen LogP contribution in [0.1, 0.15) is 34.5 Å². The average molecular weight is 324 g/mol. The normalized spacial score (nSPS) is 12.7. The van der Waals surface area contributed by atoms with Gasteiger partial charge in [0.1, 0.15) is 0 Å². The molecule has 2 rings (SSSR count). The fraction of sp³-hybridized carbons (Fsp3) is 0.333. The Morgan fingerprint density at radius 1 is 1.28 bits per heavy atom. The van der Waals surface area contributed by atoms with Crippen molar-refractivity contribution in [2.45, 2.75) is 26.8 Å². The highest BCUT2D eigenvalue weighted by Gasteiger charge is 2.16. The summed E-state index contributed by atoms with van der Waals surface area (Å²) in [6.45, 7) is 7.45. The lowest BCUT2D eigenvalue weighted by atomic mass is 9.96. The molecule has 1 nitrogen and oxygen atoms in total. The maximum Gasteiger partial charge on any atom is 0.0587 e. The monoisotopic (exact) mass is 323 g/mol. The van der Waals surface area contributed by atoms with Gasteiger partial charge >= 0.3 is 0 Å². The number of nitrogens with one attached hydrogen (secondary N) is 1. The lowest BCUT2D eigenvalue weighted by molar-refractivity contribution is 0.629. The Morgan fingerprint density at radius 3 is 2.67 bits per heavy atom. The molecule has 0 radical (unpaired) electrons. The number of halogens is 1. The van der Waals surface area contributed by atoms with Crippen LogP contribution in [-0.2, 0) is 0 Å². The molecule has 3 heteroatoms. The van der Waals surface area contributed by atoms with Gasteiger partial charge in [0.2, 0.25) is 0 Å². The predicted molar refractivity (Wildman–Crippen MR) is 83.5 cm³/mol. The van der Waals surface area contributed by atoms with Crippen molar-refractivity contribution in [1.82, 2.24) is 5.32 Å². The van der Waals surface area contributed by atoms with Gasteiger partial charge in [-0.3, -0.25) is 0 Å². The Kier molecular flexibility index (Phi) is 4.60. The molecule has 0 amide bonds. The fourth-order valence-corrected chi connectivity index (χ4v) is 3.26. The van der Waals surface area contributed by atoms with Gasteiger partial charge in [-0.1, -0.05) is 28.9 Å². The molecule has 1 heterocycles. The van der Waals surface area contributed by atoms with Crippen LogP contribution in [0.25, 0.3) is 0 Å². The summed E-state index contributed by atoms with van der Waals surface area (Å²) in [5.74, 6) is 0. The van der Waals surface area contributed by atoms with Crippen molar-refractivity contribution < 1.29 is 0 Å². The Hall–Kier alpha value is -0.640. The standard InChI is InChI=1S/C15H18BrNS/c1-4-17-15(12-7-11(3)18-9-12)14-8-13(16)6-5-10(14)2/h5-9,15,17H,4H2,1-3H3. The SMILES string of the molecule is CCNC(c1csc(C)c1)c1cc(Br)ccc1C. The summed E-state index contributed by atoms with van der Waals surface area (Å²) in [5.41, 5.74) is 4.04. The molecule has 0 spiro atoms. The Morgan fingerprint density at radius 2 is 2.06 bits per heavy atom. The third-order valence-electron chi connectivity index (χ3n) is 3.04. The van der Waals surface area contributed by atoms with E-state index < -0.39 is 0 Å². The minimum Gasteiger partial charge on any atom is -0.306 e. The smallest absolute Gasteiger partial charge is 0.0587 e. The van der Waals surface area contributed by atoms with Gasteiger partial charge in [0.25, 0.3) is 0 Å². The van der Waals surface area contributed by atoms with Crippen LogP contribution in [0.5, 0.6) is 0 Å². The van der Waals surface area contributed by atoms with E-state index in [1.807, 2.05) is 11.3 Å². The molecule has 1 aromatic carbocycles. The Bertz CT molecular complexity index is 533. The number of rotatable bonds is 4. The summed E-state index contributed by atoms with van der Waals surface area (Å²) in [5, 5.41) is 5.84. The first-order valence-electron chi connectivity index (χ1n) is 6.16. The van der Waals surface area contributed by atoms with Gasteiger partial charge in [0.05, 0.1) is 6.04 Å². The van der Waals surface area contributed by atoms with Crippen LogP contribution < -0.4 is 5.32 Å². The maximum atomic E-state index is 3.58. The third-order valence-corrected chi connectivity index (χ3v) is 4.42. The molecule has 1 atom stereocenters. The van der Waals surface area contributed by atoms with Gasteiger partial charge in [-0.25, -0.2) is 0 Å². The van der Waals surface area contributed by atoms with Crippen molar-refractivity contribution in [2.75, 3.05) is 6.54 Å². The van der Waals surface area contributed by atoms with E-state index in [1.165, 1.54) is 21.6 Å². The maximum absolute atomic E-state index is 3.58. The largest absolute Gasteiger partial charge is 0.306 e. The molecule has 0 saturated carbocycles. The minimum atomic E-state index is 0.289. The molecule has 1 N–H and O–H groups in total. The average Bonchev–Trinajstić information content (AvgIpc) is 2.76. The van der Waals surface area contributed by atoms with Gasteiger partial charge in [-0.05, 0) is 60.7 Å². The quantitative estimate of drug-likeness (QED) is 0.850.